The molecule has 0 aliphatic heterocycles. The summed E-state index contributed by atoms with van der Waals surface area (Å²) in [7, 11) is 0. The fourth-order valence-electron chi connectivity index (χ4n) is 16.2. The predicted octanol–water partition coefficient (Wildman–Crippen LogP) is 39.6. The Labute approximate surface area is 868 Å². The van der Waals surface area contributed by atoms with E-state index in [-0.39, 0.29) is 118 Å². The third-order valence-electron chi connectivity index (χ3n) is 23.4. The Balaban J connectivity index is -0.000000543. The Hall–Kier alpha value is -8.21. The summed E-state index contributed by atoms with van der Waals surface area (Å²) in [5, 5.41) is 2.49. The second-order valence-electron chi connectivity index (χ2n) is 38.0. The number of benzene rings is 10. The van der Waals surface area contributed by atoms with E-state index in [0.29, 0.717) is 88.8 Å². The summed E-state index contributed by atoms with van der Waals surface area (Å²) in [6.07, 6.45) is 7.42. The first kappa shape index (κ1) is 135. The van der Waals surface area contributed by atoms with Gasteiger partial charge >= 0.3 is 49.5 Å². The van der Waals surface area contributed by atoms with E-state index < -0.39 is 0 Å². The largest absolute Gasteiger partial charge is 2.00 e. The van der Waals surface area contributed by atoms with Gasteiger partial charge in [0.05, 0.1) is 68.3 Å². The SMILES string of the molecule is CC.CC(=Nc1c(C)cccc1C(C)C)C(C)=Nc1c(C(C)C)cccc1C(C)C.CC(C)c1cccc(C(C)C)c1N=C1C(=Nc2c(C(C)C)cccc2C(C)C)c2cccc3cccc1c23.CC(C)c1cccc(C(C)C)c1N=CC=Nc1c(C(C)C)cccc1C(C)C.CC(C)c1cccc(C(C)C)c1N=CC=Nc1c(C(C)C)cccc1C(C)C.[CH3-].[CH3-].[CH3-].[CH3-].[CH3-].[CH3-].[CH3-].[Ni+2].[Ni+2].[Ni+2].[Ni]. The smallest absolute Gasteiger partial charge is 0.358 e. The molecule has 748 valence electrons. The van der Waals surface area contributed by atoms with Crippen LogP contribution < -0.4 is 0 Å². The van der Waals surface area contributed by atoms with Crippen LogP contribution in [0.15, 0.2) is 222 Å². The molecule has 10 aromatic carbocycles. The van der Waals surface area contributed by atoms with Crippen LogP contribution in [0.4, 0.5) is 45.5 Å². The molecule has 0 bridgehead atoms. The van der Waals surface area contributed by atoms with Crippen molar-refractivity contribution in [1.82, 2.24) is 0 Å². The molecule has 8 nitrogen and oxygen atoms in total. The van der Waals surface area contributed by atoms with E-state index in [1.807, 2.05) is 38.7 Å². The quantitative estimate of drug-likeness (QED) is 0.0293. The van der Waals surface area contributed by atoms with Gasteiger partial charge in [0.25, 0.3) is 0 Å². The zero-order valence-electron chi connectivity index (χ0n) is 91.1. The summed E-state index contributed by atoms with van der Waals surface area (Å²) in [4.78, 5) is 40.6. The molecule has 0 saturated heterocycles. The van der Waals surface area contributed by atoms with Gasteiger partial charge in [-0.25, -0.2) is 9.98 Å². The van der Waals surface area contributed by atoms with Gasteiger partial charge in [-0.2, -0.15) is 0 Å². The Morgan fingerprint density at radius 1 is 0.215 bits per heavy atom. The van der Waals surface area contributed by atoms with E-state index in [2.05, 4.69) is 410 Å². The monoisotopic (exact) mass is 2000 g/mol. The maximum atomic E-state index is 5.55. The zero-order valence-corrected chi connectivity index (χ0v) is 95.1. The van der Waals surface area contributed by atoms with Crippen LogP contribution in [0.25, 0.3) is 10.8 Å². The molecule has 11 rings (SSSR count). The van der Waals surface area contributed by atoms with Crippen molar-refractivity contribution >= 4 is 104 Å². The van der Waals surface area contributed by atoms with Gasteiger partial charge in [0, 0.05) is 57.9 Å². The second-order valence-corrected chi connectivity index (χ2v) is 38.0. The second kappa shape index (κ2) is 64.1. The molecule has 0 amide bonds. The summed E-state index contributed by atoms with van der Waals surface area (Å²) < 4.78 is 0. The van der Waals surface area contributed by atoms with Gasteiger partial charge in [-0.1, -0.05) is 404 Å². The molecule has 1 aliphatic rings. The topological polar surface area (TPSA) is 98.9 Å². The van der Waals surface area contributed by atoms with Crippen molar-refractivity contribution in [2.45, 2.75) is 331 Å². The van der Waals surface area contributed by atoms with Crippen molar-refractivity contribution in [3.8, 4) is 0 Å². The fraction of sp³-hybridized carbons (Fsp3) is 0.407. The minimum absolute atomic E-state index is 0. The normalized spacial score (nSPS) is 12.3. The number of rotatable bonds is 26. The van der Waals surface area contributed by atoms with Gasteiger partial charge in [-0.05, 0) is 204 Å². The molecule has 0 radical (unpaired) electrons. The van der Waals surface area contributed by atoms with Crippen molar-refractivity contribution in [2.75, 3.05) is 0 Å². The molecule has 0 saturated carbocycles. The minimum atomic E-state index is 0. The predicted molar refractivity (Wildman–Crippen MR) is 598 cm³/mol. The Bertz CT molecular complexity index is 4890. The van der Waals surface area contributed by atoms with Crippen molar-refractivity contribution in [3.05, 3.63) is 334 Å². The maximum Gasteiger partial charge on any atom is 2.00 e. The molecule has 0 atom stereocenters. The summed E-state index contributed by atoms with van der Waals surface area (Å²) >= 11 is 0. The number of hydrogen-bond acceptors (Lipinski definition) is 8. The van der Waals surface area contributed by atoms with E-state index in [9.17, 15) is 0 Å². The van der Waals surface area contributed by atoms with E-state index in [0.717, 1.165) is 68.3 Å². The maximum absolute atomic E-state index is 5.55. The van der Waals surface area contributed by atoms with Gasteiger partial charge in [-0.3, -0.25) is 30.0 Å². The van der Waals surface area contributed by atoms with Crippen molar-refractivity contribution in [2.24, 2.45) is 39.9 Å². The van der Waals surface area contributed by atoms with Crippen LogP contribution >= 0.6 is 0 Å². The van der Waals surface area contributed by atoms with Crippen LogP contribution in [0.1, 0.15) is 424 Å². The molecular formula is C123H175N8Ni4-. The molecule has 0 heterocycles. The van der Waals surface area contributed by atoms with Gasteiger partial charge in [0.1, 0.15) is 0 Å². The first-order valence-electron chi connectivity index (χ1n) is 46.7. The first-order valence-corrected chi connectivity index (χ1v) is 46.7. The van der Waals surface area contributed by atoms with Crippen molar-refractivity contribution in [1.29, 1.82) is 0 Å². The summed E-state index contributed by atoms with van der Waals surface area (Å²) in [5.41, 5.74) is 35.7. The average molecular weight is 2000 g/mol. The molecule has 1 aliphatic carbocycles. The first-order chi connectivity index (χ1) is 58.8. The molecule has 0 N–H and O–H groups in total. The van der Waals surface area contributed by atoms with E-state index in [1.54, 1.807) is 0 Å². The molecule has 0 spiro atoms. The summed E-state index contributed by atoms with van der Waals surface area (Å²) in [6, 6.07) is 65.5. The van der Waals surface area contributed by atoms with Crippen LogP contribution in [0, 0.1) is 58.9 Å². The number of nitrogens with zero attached hydrogens (tertiary/aromatic N) is 8. The van der Waals surface area contributed by atoms with E-state index in [4.69, 9.17) is 39.9 Å². The molecule has 135 heavy (non-hydrogen) atoms. The van der Waals surface area contributed by atoms with Crippen LogP contribution in [0.5, 0.6) is 0 Å². The molecule has 0 aromatic heterocycles. The van der Waals surface area contributed by atoms with E-state index >= 15 is 0 Å². The molecule has 0 unspecified atom stereocenters. The number of aryl methyl sites for hydroxylation is 1. The molecule has 0 fully saturated rings. The van der Waals surface area contributed by atoms with Crippen molar-refractivity contribution in [3.63, 3.8) is 0 Å². The summed E-state index contributed by atoms with van der Waals surface area (Å²) in [5.74, 6) is 6.36. The zero-order chi connectivity index (χ0) is 91.8. The van der Waals surface area contributed by atoms with Crippen LogP contribution in [0.2, 0.25) is 0 Å². The van der Waals surface area contributed by atoms with Gasteiger partial charge in [-0.15, -0.1) is 0 Å². The Kier molecular flexibility index (Phi) is 64.2. The average Bonchev–Trinajstić information content (AvgIpc) is 1.58. The number of para-hydroxylation sites is 8. The minimum Gasteiger partial charge on any atom is -0.358 e. The van der Waals surface area contributed by atoms with Crippen LogP contribution in [0.3, 0.4) is 0 Å². The van der Waals surface area contributed by atoms with Crippen molar-refractivity contribution < 1.29 is 66.0 Å². The third-order valence-corrected chi connectivity index (χ3v) is 23.4. The third kappa shape index (κ3) is 35.3. The summed E-state index contributed by atoms with van der Waals surface area (Å²) in [6.45, 7) is 77.3. The van der Waals surface area contributed by atoms with Crippen LogP contribution in [-0.2, 0) is 66.0 Å². The van der Waals surface area contributed by atoms with E-state index in [1.165, 1.54) is 111 Å². The van der Waals surface area contributed by atoms with Crippen LogP contribution in [-0.4, -0.2) is 47.7 Å². The molecule has 12 heteroatoms. The van der Waals surface area contributed by atoms with Gasteiger partial charge in [0.15, 0.2) is 0 Å². The molecular weight excluding hydrogens is 1820 g/mol. The van der Waals surface area contributed by atoms with Gasteiger partial charge in [0.2, 0.25) is 0 Å². The number of hydrogen-bond donors (Lipinski definition) is 0. The Morgan fingerprint density at radius 3 is 0.563 bits per heavy atom. The Morgan fingerprint density at radius 2 is 0.370 bits per heavy atom. The fourth-order valence-corrected chi connectivity index (χ4v) is 16.2. The standard InChI is InChI=1S/C36H40N2.3C26H36N2.C2H6.7CH3.4Ni/c1-21(2)26-15-11-16-27(22(3)4)33(26)37-35-30-19-9-13-25-14-10-20-31(32(25)30)36(35)38-34-28(23(5)6)17-12-18-29(34)24(7)8;1-16(2)22-13-10-12-19(7)25(22)27-20(8)21(9)28-26-23(17(3)4)14-11-15-24(26)18(5)6;2*1-17(2)21-11-9-12-22(18(3)4)25(21)27-15-16-28-26-23(19(5)6)13-10-14-24(26)20(7)8;1-2;;;;;;;;;;;/h9-24H,1-8H3;10-18H,1-9H3;2*9-20H,1-8H3;1-2H3;7*1H3;;;;/q;;;;;7*-1;;3*+2. The number of aliphatic imine (C=N–C) groups is 8. The molecule has 10 aromatic rings. The van der Waals surface area contributed by atoms with Gasteiger partial charge < -0.3 is 52.0 Å².